The van der Waals surface area contributed by atoms with Crippen molar-refractivity contribution in [1.29, 1.82) is 0 Å². The summed E-state index contributed by atoms with van der Waals surface area (Å²) in [4.78, 5) is 0. The molecule has 6 aromatic rings. The fourth-order valence-electron chi connectivity index (χ4n) is 6.23. The predicted molar refractivity (Wildman–Crippen MR) is 207 cm³/mol. The van der Waals surface area contributed by atoms with Crippen molar-refractivity contribution in [3.05, 3.63) is 167 Å². The SMILES string of the molecule is COc1ccc(CCc2cc(Oc3cccc(CCc4cccc(OC)c4)c3)c(OC)c(Oc3cccc(CCc4cccc(OC)c4)c3)c2)cc1. The van der Waals surface area contributed by atoms with Gasteiger partial charge in [0.25, 0.3) is 0 Å². The molecular formula is C46H46O6. The first-order chi connectivity index (χ1) is 25.5. The second kappa shape index (κ2) is 17.9. The highest BCUT2D eigenvalue weighted by Crippen LogP contribution is 2.43. The zero-order chi connectivity index (χ0) is 36.1. The van der Waals surface area contributed by atoms with Crippen LogP contribution in [-0.4, -0.2) is 28.4 Å². The van der Waals surface area contributed by atoms with Crippen LogP contribution in [0, 0.1) is 0 Å². The van der Waals surface area contributed by atoms with Gasteiger partial charge in [-0.3, -0.25) is 0 Å². The number of ether oxygens (including phenoxy) is 6. The molecular weight excluding hydrogens is 649 g/mol. The number of hydrogen-bond acceptors (Lipinski definition) is 6. The second-order valence-corrected chi connectivity index (χ2v) is 12.7. The normalized spacial score (nSPS) is 10.8. The molecule has 0 amide bonds. The molecule has 0 unspecified atom stereocenters. The molecule has 0 spiro atoms. The molecule has 6 heteroatoms. The summed E-state index contributed by atoms with van der Waals surface area (Å²) in [7, 11) is 6.73. The van der Waals surface area contributed by atoms with E-state index in [0.29, 0.717) is 17.2 Å². The van der Waals surface area contributed by atoms with Gasteiger partial charge in [-0.1, -0.05) is 60.7 Å². The Balaban J connectivity index is 1.24. The average molecular weight is 695 g/mol. The van der Waals surface area contributed by atoms with Gasteiger partial charge in [0, 0.05) is 0 Å². The fraction of sp³-hybridized carbons (Fsp3) is 0.217. The van der Waals surface area contributed by atoms with Crippen LogP contribution < -0.4 is 28.4 Å². The lowest BCUT2D eigenvalue weighted by atomic mass is 10.0. The van der Waals surface area contributed by atoms with E-state index in [1.807, 2.05) is 60.7 Å². The third-order valence-electron chi connectivity index (χ3n) is 9.07. The monoisotopic (exact) mass is 694 g/mol. The Bertz CT molecular complexity index is 1930. The minimum absolute atomic E-state index is 0.539. The summed E-state index contributed by atoms with van der Waals surface area (Å²) in [5, 5.41) is 0. The minimum atomic E-state index is 0.539. The number of aryl methyl sites for hydroxylation is 6. The van der Waals surface area contributed by atoms with Gasteiger partial charge in [-0.15, -0.1) is 0 Å². The van der Waals surface area contributed by atoms with E-state index in [2.05, 4.69) is 72.8 Å². The predicted octanol–water partition coefficient (Wildman–Crippen LogP) is 10.7. The number of methoxy groups -OCH3 is 4. The molecule has 0 aromatic heterocycles. The Hall–Kier alpha value is -5.88. The van der Waals surface area contributed by atoms with Crippen molar-refractivity contribution in [2.24, 2.45) is 0 Å². The Morgan fingerprint density at radius 3 is 1.08 bits per heavy atom. The van der Waals surface area contributed by atoms with Crippen LogP contribution in [0.1, 0.15) is 33.4 Å². The Kier molecular flexibility index (Phi) is 12.3. The van der Waals surface area contributed by atoms with Crippen molar-refractivity contribution in [2.75, 3.05) is 28.4 Å². The van der Waals surface area contributed by atoms with Crippen molar-refractivity contribution < 1.29 is 28.4 Å². The lowest BCUT2D eigenvalue weighted by Crippen LogP contribution is -1.99. The molecule has 0 bridgehead atoms. The van der Waals surface area contributed by atoms with E-state index in [1.165, 1.54) is 27.8 Å². The summed E-state index contributed by atoms with van der Waals surface area (Å²) in [5.41, 5.74) is 7.10. The van der Waals surface area contributed by atoms with Gasteiger partial charge in [0.2, 0.25) is 5.75 Å². The van der Waals surface area contributed by atoms with E-state index in [-0.39, 0.29) is 0 Å². The first-order valence-electron chi connectivity index (χ1n) is 17.6. The van der Waals surface area contributed by atoms with Gasteiger partial charge in [0.15, 0.2) is 11.5 Å². The lowest BCUT2D eigenvalue weighted by molar-refractivity contribution is 0.352. The number of benzene rings is 6. The molecule has 0 aliphatic heterocycles. The van der Waals surface area contributed by atoms with Gasteiger partial charge >= 0.3 is 0 Å². The maximum absolute atomic E-state index is 6.61. The fourth-order valence-corrected chi connectivity index (χ4v) is 6.23. The molecule has 0 N–H and O–H groups in total. The highest BCUT2D eigenvalue weighted by atomic mass is 16.5. The molecule has 0 aliphatic carbocycles. The van der Waals surface area contributed by atoms with Gasteiger partial charge in [0.05, 0.1) is 28.4 Å². The molecule has 0 saturated carbocycles. The summed E-state index contributed by atoms with van der Waals surface area (Å²) >= 11 is 0. The first-order valence-corrected chi connectivity index (χ1v) is 17.6. The molecule has 6 aromatic carbocycles. The van der Waals surface area contributed by atoms with Gasteiger partial charge in [-0.25, -0.2) is 0 Å². The zero-order valence-corrected chi connectivity index (χ0v) is 30.4. The maximum Gasteiger partial charge on any atom is 0.204 e. The van der Waals surface area contributed by atoms with Gasteiger partial charge in [-0.2, -0.15) is 0 Å². The van der Waals surface area contributed by atoms with Crippen LogP contribution in [0.3, 0.4) is 0 Å². The van der Waals surface area contributed by atoms with Crippen LogP contribution in [0.25, 0.3) is 0 Å². The third-order valence-corrected chi connectivity index (χ3v) is 9.07. The van der Waals surface area contributed by atoms with Crippen LogP contribution in [0.5, 0.6) is 46.0 Å². The van der Waals surface area contributed by atoms with E-state index in [0.717, 1.165) is 72.8 Å². The van der Waals surface area contributed by atoms with E-state index < -0.39 is 0 Å². The van der Waals surface area contributed by atoms with Crippen molar-refractivity contribution in [3.8, 4) is 46.0 Å². The van der Waals surface area contributed by atoms with Gasteiger partial charge in [-0.05, 0) is 145 Å². The molecule has 0 saturated heterocycles. The Morgan fingerprint density at radius 2 is 0.673 bits per heavy atom. The molecule has 0 aliphatic rings. The van der Waals surface area contributed by atoms with Crippen LogP contribution >= 0.6 is 0 Å². The minimum Gasteiger partial charge on any atom is -0.497 e. The second-order valence-electron chi connectivity index (χ2n) is 12.7. The Labute approximate surface area is 307 Å². The summed E-state index contributed by atoms with van der Waals surface area (Å²) < 4.78 is 35.4. The third kappa shape index (κ3) is 9.88. The van der Waals surface area contributed by atoms with E-state index in [1.54, 1.807) is 28.4 Å². The molecule has 52 heavy (non-hydrogen) atoms. The quantitative estimate of drug-likeness (QED) is 0.0947. The highest BCUT2D eigenvalue weighted by Gasteiger charge is 2.17. The van der Waals surface area contributed by atoms with Crippen LogP contribution in [0.2, 0.25) is 0 Å². The topological polar surface area (TPSA) is 55.4 Å². The standard InChI is InChI=1S/C46H46O6/c1-47-39-25-23-33(24-26-39)17-22-38-31-44(51-42-15-7-11-36(29-42)20-18-34-9-5-13-40(27-34)48-2)46(50-4)45(32-38)52-43-16-8-12-37(30-43)21-19-35-10-6-14-41(28-35)49-3/h5-16,23-32H,17-22H2,1-4H3. The molecule has 0 fully saturated rings. The summed E-state index contributed by atoms with van der Waals surface area (Å²) in [6, 6.07) is 45.2. The summed E-state index contributed by atoms with van der Waals surface area (Å²) in [6.45, 7) is 0. The smallest absolute Gasteiger partial charge is 0.204 e. The molecule has 0 radical (unpaired) electrons. The van der Waals surface area contributed by atoms with Crippen molar-refractivity contribution in [2.45, 2.75) is 38.5 Å². The van der Waals surface area contributed by atoms with E-state index in [4.69, 9.17) is 28.4 Å². The first kappa shape index (κ1) is 35.9. The highest BCUT2D eigenvalue weighted by molar-refractivity contribution is 5.57. The van der Waals surface area contributed by atoms with Gasteiger partial charge < -0.3 is 28.4 Å². The summed E-state index contributed by atoms with van der Waals surface area (Å²) in [6.07, 6.45) is 5.14. The number of hydrogen-bond donors (Lipinski definition) is 0. The van der Waals surface area contributed by atoms with E-state index >= 15 is 0 Å². The zero-order valence-electron chi connectivity index (χ0n) is 30.4. The Morgan fingerprint density at radius 1 is 0.308 bits per heavy atom. The average Bonchev–Trinajstić information content (AvgIpc) is 3.19. The summed E-state index contributed by atoms with van der Waals surface area (Å²) in [5.74, 6) is 5.79. The van der Waals surface area contributed by atoms with E-state index in [9.17, 15) is 0 Å². The van der Waals surface area contributed by atoms with Crippen molar-refractivity contribution >= 4 is 0 Å². The molecule has 0 heterocycles. The van der Waals surface area contributed by atoms with Gasteiger partial charge in [0.1, 0.15) is 28.7 Å². The van der Waals surface area contributed by atoms with Crippen LogP contribution in [0.4, 0.5) is 0 Å². The van der Waals surface area contributed by atoms with Crippen LogP contribution in [-0.2, 0) is 38.5 Å². The maximum atomic E-state index is 6.61. The molecule has 6 rings (SSSR count). The van der Waals surface area contributed by atoms with Crippen LogP contribution in [0.15, 0.2) is 133 Å². The number of rotatable bonds is 17. The van der Waals surface area contributed by atoms with Crippen molar-refractivity contribution in [3.63, 3.8) is 0 Å². The van der Waals surface area contributed by atoms with Crippen molar-refractivity contribution in [1.82, 2.24) is 0 Å². The molecule has 6 nitrogen and oxygen atoms in total. The largest absolute Gasteiger partial charge is 0.497 e. The molecule has 0 atom stereocenters. The lowest BCUT2D eigenvalue weighted by Gasteiger charge is -2.18. The molecule has 266 valence electrons.